The van der Waals surface area contributed by atoms with Gasteiger partial charge in [0.15, 0.2) is 0 Å². The number of aliphatic hydroxyl groups is 1. The fourth-order valence-electron chi connectivity index (χ4n) is 1.30. The Balaban J connectivity index is 2.13. The molecule has 0 aliphatic carbocycles. The first-order valence-electron chi connectivity index (χ1n) is 5.57. The first-order valence-corrected chi connectivity index (χ1v) is 5.57. The summed E-state index contributed by atoms with van der Waals surface area (Å²) >= 11 is 0. The van der Waals surface area contributed by atoms with Crippen molar-refractivity contribution in [2.75, 3.05) is 13.2 Å². The van der Waals surface area contributed by atoms with Gasteiger partial charge in [0.2, 0.25) is 0 Å². The van der Waals surface area contributed by atoms with E-state index in [2.05, 4.69) is 10.4 Å². The van der Waals surface area contributed by atoms with Gasteiger partial charge < -0.3 is 15.2 Å². The van der Waals surface area contributed by atoms with Gasteiger partial charge in [-0.05, 0) is 19.9 Å². The van der Waals surface area contributed by atoms with E-state index in [9.17, 15) is 5.11 Å². The van der Waals surface area contributed by atoms with E-state index in [4.69, 9.17) is 4.74 Å². The summed E-state index contributed by atoms with van der Waals surface area (Å²) in [7, 11) is 1.90. The van der Waals surface area contributed by atoms with Crippen LogP contribution in [-0.2, 0) is 18.3 Å². The summed E-state index contributed by atoms with van der Waals surface area (Å²) in [4.78, 5) is 0. The molecule has 0 spiro atoms. The molecular formula is C11H21N3O2. The molecule has 1 aromatic heterocycles. The number of nitrogens with one attached hydrogen (secondary N) is 1. The zero-order valence-corrected chi connectivity index (χ0v) is 10.2. The summed E-state index contributed by atoms with van der Waals surface area (Å²) in [6, 6.07) is 1.95. The second kappa shape index (κ2) is 6.62. The van der Waals surface area contributed by atoms with Gasteiger partial charge in [0, 0.05) is 26.3 Å². The molecule has 0 radical (unpaired) electrons. The molecule has 1 aromatic rings. The average Bonchev–Trinajstić information content (AvgIpc) is 2.61. The number of aromatic nitrogens is 2. The van der Waals surface area contributed by atoms with Gasteiger partial charge >= 0.3 is 0 Å². The van der Waals surface area contributed by atoms with E-state index in [0.29, 0.717) is 19.7 Å². The SMILES string of the molecule is CC(C)OCC(O)CNCc1ccnn1C. The van der Waals surface area contributed by atoms with Crippen molar-refractivity contribution in [3.63, 3.8) is 0 Å². The van der Waals surface area contributed by atoms with Crippen molar-refractivity contribution < 1.29 is 9.84 Å². The molecule has 5 nitrogen and oxygen atoms in total. The maximum absolute atomic E-state index is 9.59. The van der Waals surface area contributed by atoms with Gasteiger partial charge in [0.25, 0.3) is 0 Å². The van der Waals surface area contributed by atoms with Crippen LogP contribution in [0.4, 0.5) is 0 Å². The van der Waals surface area contributed by atoms with Gasteiger partial charge in [-0.25, -0.2) is 0 Å². The fourth-order valence-corrected chi connectivity index (χ4v) is 1.30. The molecule has 0 aliphatic rings. The van der Waals surface area contributed by atoms with Crippen LogP contribution >= 0.6 is 0 Å². The molecule has 0 aromatic carbocycles. The maximum atomic E-state index is 9.59. The van der Waals surface area contributed by atoms with Crippen LogP contribution in [-0.4, -0.2) is 40.2 Å². The summed E-state index contributed by atoms with van der Waals surface area (Å²) in [6.45, 7) is 5.51. The predicted octanol–water partition coefficient (Wildman–Crippen LogP) is 0.296. The smallest absolute Gasteiger partial charge is 0.0897 e. The number of aliphatic hydroxyl groups excluding tert-OH is 1. The Labute approximate surface area is 96.4 Å². The van der Waals surface area contributed by atoms with Gasteiger partial charge in [-0.15, -0.1) is 0 Å². The molecule has 2 N–H and O–H groups in total. The first-order chi connectivity index (χ1) is 7.59. The van der Waals surface area contributed by atoms with Crippen molar-refractivity contribution in [3.8, 4) is 0 Å². The van der Waals surface area contributed by atoms with Gasteiger partial charge in [-0.1, -0.05) is 0 Å². The summed E-state index contributed by atoms with van der Waals surface area (Å²) in [5.41, 5.74) is 1.09. The fraction of sp³-hybridized carbons (Fsp3) is 0.727. The number of hydrogen-bond donors (Lipinski definition) is 2. The molecule has 0 amide bonds. The highest BCUT2D eigenvalue weighted by molar-refractivity contribution is 4.99. The molecule has 92 valence electrons. The standard InChI is InChI=1S/C11H21N3O2/c1-9(2)16-8-11(15)7-12-6-10-4-5-13-14(10)3/h4-5,9,11-12,15H,6-8H2,1-3H3. The summed E-state index contributed by atoms with van der Waals surface area (Å²) in [5.74, 6) is 0. The second-order valence-corrected chi connectivity index (χ2v) is 4.11. The number of rotatable bonds is 7. The lowest BCUT2D eigenvalue weighted by atomic mass is 10.3. The van der Waals surface area contributed by atoms with Crippen LogP contribution in [0.2, 0.25) is 0 Å². The van der Waals surface area contributed by atoms with Crippen molar-refractivity contribution in [2.45, 2.75) is 32.6 Å². The Morgan fingerprint density at radius 2 is 2.31 bits per heavy atom. The Morgan fingerprint density at radius 1 is 1.56 bits per heavy atom. The number of ether oxygens (including phenoxy) is 1. The Morgan fingerprint density at radius 3 is 2.88 bits per heavy atom. The van der Waals surface area contributed by atoms with E-state index in [0.717, 1.165) is 5.69 Å². The molecule has 0 aliphatic heterocycles. The van der Waals surface area contributed by atoms with E-state index >= 15 is 0 Å². The monoisotopic (exact) mass is 227 g/mol. The molecule has 5 heteroatoms. The minimum atomic E-state index is -0.462. The normalized spacial score (nSPS) is 13.3. The lowest BCUT2D eigenvalue weighted by Crippen LogP contribution is -2.31. The number of nitrogens with zero attached hydrogens (tertiary/aromatic N) is 2. The summed E-state index contributed by atoms with van der Waals surface area (Å²) in [5, 5.41) is 16.8. The largest absolute Gasteiger partial charge is 0.389 e. The number of aryl methyl sites for hydroxylation is 1. The topological polar surface area (TPSA) is 59.3 Å². The molecule has 0 bridgehead atoms. The van der Waals surface area contributed by atoms with E-state index < -0.39 is 6.10 Å². The molecule has 1 rings (SSSR count). The van der Waals surface area contributed by atoms with Gasteiger partial charge in [-0.3, -0.25) is 4.68 Å². The van der Waals surface area contributed by atoms with Crippen LogP contribution in [0.15, 0.2) is 12.3 Å². The van der Waals surface area contributed by atoms with Crippen molar-refractivity contribution >= 4 is 0 Å². The predicted molar refractivity (Wildman–Crippen MR) is 62.0 cm³/mol. The van der Waals surface area contributed by atoms with Gasteiger partial charge in [0.05, 0.1) is 24.5 Å². The molecule has 1 unspecified atom stereocenters. The van der Waals surface area contributed by atoms with Crippen molar-refractivity contribution in [1.82, 2.24) is 15.1 Å². The van der Waals surface area contributed by atoms with Gasteiger partial charge in [-0.2, -0.15) is 5.10 Å². The Hall–Kier alpha value is -0.910. The van der Waals surface area contributed by atoms with Crippen LogP contribution in [0.1, 0.15) is 19.5 Å². The highest BCUT2D eigenvalue weighted by Crippen LogP contribution is 1.95. The van der Waals surface area contributed by atoms with Gasteiger partial charge in [0.1, 0.15) is 0 Å². The van der Waals surface area contributed by atoms with Crippen LogP contribution in [0, 0.1) is 0 Å². The molecule has 16 heavy (non-hydrogen) atoms. The van der Waals surface area contributed by atoms with Crippen molar-refractivity contribution in [2.24, 2.45) is 7.05 Å². The third-order valence-electron chi connectivity index (χ3n) is 2.23. The van der Waals surface area contributed by atoms with Crippen LogP contribution in [0.25, 0.3) is 0 Å². The van der Waals surface area contributed by atoms with Crippen molar-refractivity contribution in [3.05, 3.63) is 18.0 Å². The van der Waals surface area contributed by atoms with Crippen LogP contribution in [0.3, 0.4) is 0 Å². The number of hydrogen-bond acceptors (Lipinski definition) is 4. The Bertz CT molecular complexity index is 299. The van der Waals surface area contributed by atoms with E-state index in [1.165, 1.54) is 0 Å². The zero-order valence-electron chi connectivity index (χ0n) is 10.2. The van der Waals surface area contributed by atoms with E-state index in [1.54, 1.807) is 6.20 Å². The third kappa shape index (κ3) is 4.74. The van der Waals surface area contributed by atoms with E-state index in [1.807, 2.05) is 31.6 Å². The van der Waals surface area contributed by atoms with E-state index in [-0.39, 0.29) is 6.10 Å². The summed E-state index contributed by atoms with van der Waals surface area (Å²) < 4.78 is 7.12. The molecule has 0 saturated carbocycles. The molecule has 0 fully saturated rings. The average molecular weight is 227 g/mol. The molecular weight excluding hydrogens is 206 g/mol. The highest BCUT2D eigenvalue weighted by atomic mass is 16.5. The maximum Gasteiger partial charge on any atom is 0.0897 e. The second-order valence-electron chi connectivity index (χ2n) is 4.11. The Kier molecular flexibility index (Phi) is 5.45. The zero-order chi connectivity index (χ0) is 12.0. The molecule has 0 saturated heterocycles. The van der Waals surface area contributed by atoms with Crippen LogP contribution < -0.4 is 5.32 Å². The lowest BCUT2D eigenvalue weighted by molar-refractivity contribution is 0.00625. The first kappa shape index (κ1) is 13.2. The summed E-state index contributed by atoms with van der Waals surface area (Å²) in [6.07, 6.45) is 1.46. The minimum absolute atomic E-state index is 0.159. The molecule has 1 atom stereocenters. The highest BCUT2D eigenvalue weighted by Gasteiger charge is 2.05. The third-order valence-corrected chi connectivity index (χ3v) is 2.23. The molecule has 1 heterocycles. The minimum Gasteiger partial charge on any atom is -0.389 e. The van der Waals surface area contributed by atoms with Crippen LogP contribution in [0.5, 0.6) is 0 Å². The lowest BCUT2D eigenvalue weighted by Gasteiger charge is -2.14. The van der Waals surface area contributed by atoms with Crippen molar-refractivity contribution in [1.29, 1.82) is 0 Å². The quantitative estimate of drug-likeness (QED) is 0.703.